The molecule has 25 heavy (non-hydrogen) atoms. The summed E-state index contributed by atoms with van der Waals surface area (Å²) >= 11 is 3.32. The summed E-state index contributed by atoms with van der Waals surface area (Å²) in [6, 6.07) is 1.70. The standard InChI is InChI=1S/C16H21BrN4O4/c1-15(2,3)24-13(22)19-11-10-7-9(17)8-18-12(10)21(20-11)14(23)25-16(4,5)6/h7-8H,1-6H3,(H,19,20,22). The molecular formula is C16H21BrN4O4. The Labute approximate surface area is 154 Å². The highest BCUT2D eigenvalue weighted by Crippen LogP contribution is 2.26. The van der Waals surface area contributed by atoms with Crippen LogP contribution in [-0.4, -0.2) is 38.2 Å². The van der Waals surface area contributed by atoms with Crippen molar-refractivity contribution in [1.82, 2.24) is 14.8 Å². The van der Waals surface area contributed by atoms with Gasteiger partial charge in [-0.25, -0.2) is 14.6 Å². The van der Waals surface area contributed by atoms with Crippen LogP contribution in [0.15, 0.2) is 16.7 Å². The van der Waals surface area contributed by atoms with Crippen LogP contribution in [0.5, 0.6) is 0 Å². The van der Waals surface area contributed by atoms with Crippen molar-refractivity contribution in [2.75, 3.05) is 5.32 Å². The average molecular weight is 413 g/mol. The van der Waals surface area contributed by atoms with Gasteiger partial charge in [-0.1, -0.05) is 0 Å². The third kappa shape index (κ3) is 5.15. The van der Waals surface area contributed by atoms with Gasteiger partial charge < -0.3 is 9.47 Å². The molecule has 0 bridgehead atoms. The first-order valence-corrected chi connectivity index (χ1v) is 8.43. The van der Waals surface area contributed by atoms with Crippen LogP contribution in [0.25, 0.3) is 11.0 Å². The number of halogens is 1. The molecule has 2 aromatic heterocycles. The van der Waals surface area contributed by atoms with Gasteiger partial charge in [0.2, 0.25) is 0 Å². The second-order valence-corrected chi connectivity index (χ2v) is 8.31. The molecule has 2 heterocycles. The monoisotopic (exact) mass is 412 g/mol. The second-order valence-electron chi connectivity index (χ2n) is 7.39. The van der Waals surface area contributed by atoms with Crippen LogP contribution >= 0.6 is 15.9 Å². The summed E-state index contributed by atoms with van der Waals surface area (Å²) in [5.41, 5.74) is -1.08. The topological polar surface area (TPSA) is 95.3 Å². The fourth-order valence-corrected chi connectivity index (χ4v) is 2.23. The molecule has 0 aromatic carbocycles. The van der Waals surface area contributed by atoms with E-state index in [1.807, 2.05) is 0 Å². The third-order valence-electron chi connectivity index (χ3n) is 2.67. The van der Waals surface area contributed by atoms with Crippen molar-refractivity contribution < 1.29 is 19.1 Å². The quantitative estimate of drug-likeness (QED) is 0.748. The van der Waals surface area contributed by atoms with Crippen LogP contribution in [0.1, 0.15) is 41.5 Å². The molecule has 0 aliphatic carbocycles. The number of amides is 1. The van der Waals surface area contributed by atoms with Crippen LogP contribution in [0.3, 0.4) is 0 Å². The van der Waals surface area contributed by atoms with Crippen molar-refractivity contribution in [3.8, 4) is 0 Å². The molecule has 0 radical (unpaired) electrons. The van der Waals surface area contributed by atoms with E-state index in [2.05, 4.69) is 31.3 Å². The first-order chi connectivity index (χ1) is 11.4. The number of nitrogens with zero attached hydrogens (tertiary/aromatic N) is 3. The van der Waals surface area contributed by atoms with Gasteiger partial charge >= 0.3 is 12.2 Å². The van der Waals surface area contributed by atoms with E-state index in [9.17, 15) is 9.59 Å². The van der Waals surface area contributed by atoms with Crippen molar-refractivity contribution in [2.24, 2.45) is 0 Å². The summed E-state index contributed by atoms with van der Waals surface area (Å²) in [7, 11) is 0. The van der Waals surface area contributed by atoms with E-state index < -0.39 is 23.4 Å². The van der Waals surface area contributed by atoms with Crippen molar-refractivity contribution in [2.45, 2.75) is 52.7 Å². The maximum Gasteiger partial charge on any atom is 0.437 e. The molecular weight excluding hydrogens is 392 g/mol. The van der Waals surface area contributed by atoms with E-state index >= 15 is 0 Å². The SMILES string of the molecule is CC(C)(C)OC(=O)Nc1nn(C(=O)OC(C)(C)C)c2ncc(Br)cc12. The summed E-state index contributed by atoms with van der Waals surface area (Å²) in [4.78, 5) is 28.6. The van der Waals surface area contributed by atoms with Gasteiger partial charge in [0.05, 0.1) is 5.39 Å². The predicted octanol–water partition coefficient (Wildman–Crippen LogP) is 4.32. The van der Waals surface area contributed by atoms with E-state index in [4.69, 9.17) is 9.47 Å². The summed E-state index contributed by atoms with van der Waals surface area (Å²) in [6.45, 7) is 10.5. The summed E-state index contributed by atoms with van der Waals surface area (Å²) in [6.07, 6.45) is 0.162. The Morgan fingerprint density at radius 3 is 2.28 bits per heavy atom. The van der Waals surface area contributed by atoms with E-state index in [0.29, 0.717) is 9.86 Å². The number of rotatable bonds is 1. The lowest BCUT2D eigenvalue weighted by Gasteiger charge is -2.19. The molecule has 8 nitrogen and oxygen atoms in total. The normalized spacial score (nSPS) is 12.1. The number of hydrogen-bond donors (Lipinski definition) is 1. The van der Waals surface area contributed by atoms with Crippen molar-refractivity contribution in [3.63, 3.8) is 0 Å². The zero-order valence-electron chi connectivity index (χ0n) is 15.0. The minimum Gasteiger partial charge on any atom is -0.444 e. The highest BCUT2D eigenvalue weighted by Gasteiger charge is 2.25. The van der Waals surface area contributed by atoms with Crippen LogP contribution in [0.4, 0.5) is 15.4 Å². The number of aromatic nitrogens is 3. The Morgan fingerprint density at radius 1 is 1.12 bits per heavy atom. The van der Waals surface area contributed by atoms with E-state index in [0.717, 1.165) is 4.68 Å². The van der Waals surface area contributed by atoms with Crippen molar-refractivity contribution in [3.05, 3.63) is 16.7 Å². The Bertz CT molecular complexity index is 818. The second kappa shape index (κ2) is 6.62. The van der Waals surface area contributed by atoms with Gasteiger partial charge in [-0.05, 0) is 63.5 Å². The van der Waals surface area contributed by atoms with Gasteiger partial charge in [-0.3, -0.25) is 5.32 Å². The number of anilines is 1. The van der Waals surface area contributed by atoms with Gasteiger partial charge in [0.1, 0.15) is 11.2 Å². The Hall–Kier alpha value is -2.16. The van der Waals surface area contributed by atoms with Crippen LogP contribution < -0.4 is 5.32 Å². The van der Waals surface area contributed by atoms with E-state index in [-0.39, 0.29) is 11.5 Å². The first-order valence-electron chi connectivity index (χ1n) is 7.63. The van der Waals surface area contributed by atoms with Crippen LogP contribution in [-0.2, 0) is 9.47 Å². The summed E-state index contributed by atoms with van der Waals surface area (Å²) < 4.78 is 12.2. The average Bonchev–Trinajstić information content (AvgIpc) is 2.73. The largest absolute Gasteiger partial charge is 0.444 e. The number of ether oxygens (including phenoxy) is 2. The molecule has 2 aromatic rings. The molecule has 0 atom stereocenters. The van der Waals surface area contributed by atoms with Crippen molar-refractivity contribution >= 4 is 45.0 Å². The number of fused-ring (bicyclic) bond motifs is 1. The molecule has 0 spiro atoms. The molecule has 9 heteroatoms. The first kappa shape index (κ1) is 19.2. The lowest BCUT2D eigenvalue weighted by molar-refractivity contribution is 0.0519. The highest BCUT2D eigenvalue weighted by molar-refractivity contribution is 9.10. The molecule has 0 fully saturated rings. The molecule has 0 aliphatic rings. The number of pyridine rings is 1. The lowest BCUT2D eigenvalue weighted by Crippen LogP contribution is -2.28. The maximum atomic E-state index is 12.4. The van der Waals surface area contributed by atoms with Gasteiger partial charge in [-0.2, -0.15) is 0 Å². The third-order valence-corrected chi connectivity index (χ3v) is 3.11. The molecule has 0 saturated heterocycles. The minimum atomic E-state index is -0.691. The van der Waals surface area contributed by atoms with E-state index in [1.165, 1.54) is 6.20 Å². The molecule has 1 N–H and O–H groups in total. The lowest BCUT2D eigenvalue weighted by atomic mass is 10.2. The van der Waals surface area contributed by atoms with E-state index in [1.54, 1.807) is 47.6 Å². The molecule has 0 saturated carbocycles. The minimum absolute atomic E-state index is 0.156. The fourth-order valence-electron chi connectivity index (χ4n) is 1.90. The zero-order valence-corrected chi connectivity index (χ0v) is 16.6. The smallest absolute Gasteiger partial charge is 0.437 e. The van der Waals surface area contributed by atoms with Crippen molar-refractivity contribution in [1.29, 1.82) is 0 Å². The molecule has 0 aliphatic heterocycles. The number of hydrogen-bond acceptors (Lipinski definition) is 6. The summed E-state index contributed by atoms with van der Waals surface area (Å²) in [5, 5.41) is 7.15. The van der Waals surface area contributed by atoms with Gasteiger partial charge in [0.15, 0.2) is 11.5 Å². The number of carbonyl (C=O) groups is 2. The van der Waals surface area contributed by atoms with Crippen LogP contribution in [0, 0.1) is 0 Å². The van der Waals surface area contributed by atoms with Gasteiger partial charge in [-0.15, -0.1) is 9.78 Å². The van der Waals surface area contributed by atoms with Crippen LogP contribution in [0.2, 0.25) is 0 Å². The Kier molecular flexibility index (Phi) is 5.08. The molecule has 136 valence electrons. The summed E-state index contributed by atoms with van der Waals surface area (Å²) in [5.74, 6) is 0.156. The number of nitrogens with one attached hydrogen (secondary N) is 1. The molecule has 0 unspecified atom stereocenters. The highest BCUT2D eigenvalue weighted by atomic mass is 79.9. The maximum absolute atomic E-state index is 12.4. The van der Waals surface area contributed by atoms with Gasteiger partial charge in [0, 0.05) is 10.7 Å². The number of carbonyl (C=O) groups excluding carboxylic acids is 2. The Morgan fingerprint density at radius 2 is 1.72 bits per heavy atom. The predicted molar refractivity (Wildman–Crippen MR) is 96.7 cm³/mol. The Balaban J connectivity index is 2.42. The molecule has 2 rings (SSSR count). The fraction of sp³-hybridized carbons (Fsp3) is 0.500. The molecule has 1 amide bonds. The zero-order chi connectivity index (χ0) is 19.0. The van der Waals surface area contributed by atoms with Gasteiger partial charge in [0.25, 0.3) is 0 Å².